The molecule has 3 aliphatic heterocycles. The molecule has 3 fully saturated rings. The highest BCUT2D eigenvalue weighted by Gasteiger charge is 2.47. The molecule has 3 aliphatic rings. The minimum atomic E-state index is 0.0711. The van der Waals surface area contributed by atoms with E-state index in [1.54, 1.807) is 6.33 Å². The van der Waals surface area contributed by atoms with Crippen molar-refractivity contribution < 1.29 is 4.74 Å². The molecule has 4 rings (SSSR count). The van der Waals surface area contributed by atoms with Crippen molar-refractivity contribution in [2.45, 2.75) is 37.7 Å². The second kappa shape index (κ2) is 7.08. The summed E-state index contributed by atoms with van der Waals surface area (Å²) in [6, 6.07) is 2.06. The maximum absolute atomic E-state index is 6.36. The number of nitrogens with zero attached hydrogens (tertiary/aromatic N) is 5. The van der Waals surface area contributed by atoms with Gasteiger partial charge in [-0.15, -0.1) is 0 Å². The summed E-state index contributed by atoms with van der Waals surface area (Å²) in [5, 5.41) is 0. The van der Waals surface area contributed by atoms with Crippen LogP contribution in [0.15, 0.2) is 12.4 Å². The first kappa shape index (κ1) is 17.0. The molecule has 1 aromatic rings. The number of rotatable bonds is 4. The molecule has 138 valence electrons. The van der Waals surface area contributed by atoms with Crippen molar-refractivity contribution >= 4 is 11.6 Å². The van der Waals surface area contributed by atoms with Crippen LogP contribution in [0.5, 0.6) is 0 Å². The zero-order chi connectivity index (χ0) is 17.3. The van der Waals surface area contributed by atoms with Gasteiger partial charge in [0.25, 0.3) is 0 Å². The Hall–Kier alpha value is -1.40. The van der Waals surface area contributed by atoms with Crippen LogP contribution in [0.4, 0.5) is 11.6 Å². The summed E-state index contributed by atoms with van der Waals surface area (Å²) in [4.78, 5) is 15.7. The van der Waals surface area contributed by atoms with Crippen molar-refractivity contribution in [1.82, 2.24) is 14.9 Å². The molecule has 0 amide bonds. The highest BCUT2D eigenvalue weighted by Crippen LogP contribution is 2.38. The van der Waals surface area contributed by atoms with Gasteiger partial charge >= 0.3 is 0 Å². The lowest BCUT2D eigenvalue weighted by Gasteiger charge is -2.53. The van der Waals surface area contributed by atoms with Crippen LogP contribution in [-0.4, -0.2) is 73.9 Å². The summed E-state index contributed by atoms with van der Waals surface area (Å²) < 4.78 is 6.36. The molecule has 0 bridgehead atoms. The van der Waals surface area contributed by atoms with Crippen molar-refractivity contribution in [3.8, 4) is 0 Å². The average molecular weight is 345 g/mol. The van der Waals surface area contributed by atoms with E-state index in [0.717, 1.165) is 37.3 Å². The number of ether oxygens (including phenoxy) is 1. The molecule has 6 nitrogen and oxygen atoms in total. The molecule has 3 saturated heterocycles. The van der Waals surface area contributed by atoms with E-state index in [0.29, 0.717) is 0 Å². The lowest BCUT2D eigenvalue weighted by atomic mass is 9.82. The Morgan fingerprint density at radius 1 is 1.20 bits per heavy atom. The molecular weight excluding hydrogens is 314 g/mol. The third kappa shape index (κ3) is 3.75. The van der Waals surface area contributed by atoms with Crippen LogP contribution in [0.3, 0.4) is 0 Å². The fourth-order valence-electron chi connectivity index (χ4n) is 4.38. The predicted molar refractivity (Wildman–Crippen MR) is 100 cm³/mol. The van der Waals surface area contributed by atoms with Crippen molar-refractivity contribution in [1.29, 1.82) is 0 Å². The number of hydrogen-bond acceptors (Lipinski definition) is 6. The largest absolute Gasteiger partial charge is 0.371 e. The fraction of sp³-hybridized carbons (Fsp3) is 0.789. The van der Waals surface area contributed by atoms with E-state index >= 15 is 0 Å². The molecule has 0 aliphatic carbocycles. The molecule has 1 spiro atoms. The Morgan fingerprint density at radius 3 is 2.68 bits per heavy atom. The zero-order valence-electron chi connectivity index (χ0n) is 15.7. The van der Waals surface area contributed by atoms with Crippen LogP contribution >= 0.6 is 0 Å². The molecule has 25 heavy (non-hydrogen) atoms. The smallest absolute Gasteiger partial charge is 0.134 e. The van der Waals surface area contributed by atoms with Crippen molar-refractivity contribution in [2.75, 3.05) is 63.2 Å². The standard InChI is InChI=1S/C19H31N5O/c1-22(2)17-10-18(21-15-20-17)24-13-19(14-24)7-6-16(12-25-19)11-23-8-4-3-5-9-23/h10,15-16H,3-9,11-14H2,1-2H3/t16-/m1/s1. The molecule has 1 atom stereocenters. The highest BCUT2D eigenvalue weighted by molar-refractivity contribution is 5.52. The van der Waals surface area contributed by atoms with Gasteiger partial charge in [0.05, 0.1) is 19.7 Å². The van der Waals surface area contributed by atoms with Crippen LogP contribution < -0.4 is 9.80 Å². The Bertz CT molecular complexity index is 571. The van der Waals surface area contributed by atoms with E-state index in [-0.39, 0.29) is 5.60 Å². The molecule has 4 heterocycles. The maximum atomic E-state index is 6.36. The second-order valence-corrected chi connectivity index (χ2v) is 8.24. The Labute approximate surface area is 151 Å². The minimum Gasteiger partial charge on any atom is -0.371 e. The Balaban J connectivity index is 1.27. The number of aromatic nitrogens is 2. The Morgan fingerprint density at radius 2 is 2.00 bits per heavy atom. The van der Waals surface area contributed by atoms with E-state index in [1.807, 2.05) is 19.0 Å². The lowest BCUT2D eigenvalue weighted by Crippen LogP contribution is -2.65. The van der Waals surface area contributed by atoms with Gasteiger partial charge in [-0.05, 0) is 44.7 Å². The molecule has 6 heteroatoms. The summed E-state index contributed by atoms with van der Waals surface area (Å²) in [5.74, 6) is 2.69. The molecule has 0 aromatic carbocycles. The molecule has 0 radical (unpaired) electrons. The van der Waals surface area contributed by atoms with Crippen LogP contribution in [0.2, 0.25) is 0 Å². The summed E-state index contributed by atoms with van der Waals surface area (Å²) in [6.07, 6.45) is 8.31. The first-order valence-electron chi connectivity index (χ1n) is 9.74. The van der Waals surface area contributed by atoms with Gasteiger partial charge in [-0.3, -0.25) is 0 Å². The van der Waals surface area contributed by atoms with E-state index in [4.69, 9.17) is 4.74 Å². The van der Waals surface area contributed by atoms with Crippen LogP contribution in [0, 0.1) is 5.92 Å². The summed E-state index contributed by atoms with van der Waals surface area (Å²) in [6.45, 7) is 6.67. The molecule has 0 saturated carbocycles. The number of hydrogen-bond donors (Lipinski definition) is 0. The van der Waals surface area contributed by atoms with Crippen molar-refractivity contribution in [2.24, 2.45) is 5.92 Å². The zero-order valence-corrected chi connectivity index (χ0v) is 15.7. The van der Waals surface area contributed by atoms with Gasteiger partial charge < -0.3 is 19.4 Å². The number of piperidine rings is 1. The maximum Gasteiger partial charge on any atom is 0.134 e. The van der Waals surface area contributed by atoms with Gasteiger partial charge in [-0.25, -0.2) is 9.97 Å². The van der Waals surface area contributed by atoms with Gasteiger partial charge in [-0.2, -0.15) is 0 Å². The summed E-state index contributed by atoms with van der Waals surface area (Å²) in [7, 11) is 4.02. The SMILES string of the molecule is CN(C)c1cc(N2CC3(CC[C@H](CN4CCCCC4)CO3)C2)ncn1. The van der Waals surface area contributed by atoms with E-state index < -0.39 is 0 Å². The quantitative estimate of drug-likeness (QED) is 0.832. The molecular formula is C19H31N5O. The number of likely N-dealkylation sites (tertiary alicyclic amines) is 1. The van der Waals surface area contributed by atoms with Gasteiger partial charge in [0, 0.05) is 26.7 Å². The normalized spacial score (nSPS) is 26.5. The monoisotopic (exact) mass is 345 g/mol. The fourth-order valence-corrected chi connectivity index (χ4v) is 4.38. The lowest BCUT2D eigenvalue weighted by molar-refractivity contribution is -0.119. The first-order chi connectivity index (χ1) is 12.1. The van der Waals surface area contributed by atoms with E-state index in [1.165, 1.54) is 51.7 Å². The van der Waals surface area contributed by atoms with Crippen molar-refractivity contribution in [3.63, 3.8) is 0 Å². The van der Waals surface area contributed by atoms with E-state index in [2.05, 4.69) is 25.8 Å². The first-order valence-corrected chi connectivity index (χ1v) is 9.74. The molecule has 1 aromatic heterocycles. The molecule has 0 unspecified atom stereocenters. The summed E-state index contributed by atoms with van der Waals surface area (Å²) in [5.41, 5.74) is 0.0711. The van der Waals surface area contributed by atoms with Gasteiger partial charge in [0.15, 0.2) is 0 Å². The second-order valence-electron chi connectivity index (χ2n) is 8.24. The van der Waals surface area contributed by atoms with Gasteiger partial charge in [-0.1, -0.05) is 6.42 Å². The van der Waals surface area contributed by atoms with Gasteiger partial charge in [0.2, 0.25) is 0 Å². The van der Waals surface area contributed by atoms with Crippen LogP contribution in [-0.2, 0) is 4.74 Å². The summed E-state index contributed by atoms with van der Waals surface area (Å²) >= 11 is 0. The predicted octanol–water partition coefficient (Wildman–Crippen LogP) is 2.01. The number of anilines is 2. The highest BCUT2D eigenvalue weighted by atomic mass is 16.5. The van der Waals surface area contributed by atoms with Crippen LogP contribution in [0.25, 0.3) is 0 Å². The molecule has 0 N–H and O–H groups in total. The van der Waals surface area contributed by atoms with Gasteiger partial charge in [0.1, 0.15) is 23.6 Å². The third-order valence-corrected chi connectivity index (χ3v) is 5.98. The van der Waals surface area contributed by atoms with Crippen molar-refractivity contribution in [3.05, 3.63) is 12.4 Å². The minimum absolute atomic E-state index is 0.0711. The average Bonchev–Trinajstić information content (AvgIpc) is 2.61. The van der Waals surface area contributed by atoms with E-state index in [9.17, 15) is 0 Å². The Kier molecular flexibility index (Phi) is 4.82. The third-order valence-electron chi connectivity index (χ3n) is 5.98. The van der Waals surface area contributed by atoms with Crippen LogP contribution in [0.1, 0.15) is 32.1 Å². The topological polar surface area (TPSA) is 44.7 Å².